The lowest BCUT2D eigenvalue weighted by Crippen LogP contribution is -2.64. The molecule has 2 heterocycles. The second-order valence-electron chi connectivity index (χ2n) is 4.58. The number of anilines is 2. The van der Waals surface area contributed by atoms with Crippen LogP contribution in [0.25, 0.3) is 0 Å². The number of hydrogen-bond acceptors (Lipinski definition) is 5. The van der Waals surface area contributed by atoms with Crippen molar-refractivity contribution in [3.63, 3.8) is 0 Å². The number of aromatic nitrogens is 1. The van der Waals surface area contributed by atoms with Gasteiger partial charge in [0.1, 0.15) is 5.54 Å². The fourth-order valence-electron chi connectivity index (χ4n) is 1.87. The summed E-state index contributed by atoms with van der Waals surface area (Å²) in [6.45, 7) is 3.55. The molecule has 1 fully saturated rings. The smallest absolute Gasteiger partial charge is 0.251 e. The Morgan fingerprint density at radius 2 is 2.11 bits per heavy atom. The first-order valence-corrected chi connectivity index (χ1v) is 6.14. The predicted octanol–water partition coefficient (Wildman–Crippen LogP) is 0.668. The van der Waals surface area contributed by atoms with E-state index >= 15 is 0 Å². The number of hydrogen-bond donors (Lipinski definition) is 2. The molecule has 0 spiro atoms. The van der Waals surface area contributed by atoms with Crippen LogP contribution in [0.5, 0.6) is 0 Å². The van der Waals surface area contributed by atoms with E-state index in [0.29, 0.717) is 15.8 Å². The van der Waals surface area contributed by atoms with Crippen LogP contribution in [0.4, 0.5) is 11.4 Å². The van der Waals surface area contributed by atoms with Gasteiger partial charge in [-0.2, -0.15) is 0 Å². The number of rotatable bonds is 1. The molecule has 6 nitrogen and oxygen atoms in total. The summed E-state index contributed by atoms with van der Waals surface area (Å²) in [7, 11) is 0. The van der Waals surface area contributed by atoms with Crippen LogP contribution in [0.3, 0.4) is 0 Å². The van der Waals surface area contributed by atoms with Gasteiger partial charge in [0.2, 0.25) is 5.91 Å². The van der Waals surface area contributed by atoms with Crippen molar-refractivity contribution in [3.8, 4) is 0 Å². The highest BCUT2D eigenvalue weighted by Gasteiger charge is 2.42. The lowest BCUT2D eigenvalue weighted by Gasteiger charge is -2.42. The molecule has 0 atom stereocenters. The predicted molar refractivity (Wildman–Crippen MR) is 70.9 cm³/mol. The van der Waals surface area contributed by atoms with Gasteiger partial charge >= 0.3 is 0 Å². The number of halogens is 1. The second-order valence-corrected chi connectivity index (χ2v) is 5.44. The van der Waals surface area contributed by atoms with Gasteiger partial charge in [-0.15, -0.1) is 0 Å². The minimum absolute atomic E-state index is 0.0750. The number of nitrogen functional groups attached to an aromatic ring is 1. The molecule has 2 amide bonds. The average molecular weight is 313 g/mol. The first-order chi connectivity index (χ1) is 8.34. The Bertz CT molecular complexity index is 510. The summed E-state index contributed by atoms with van der Waals surface area (Å²) >= 11 is 3.35. The van der Waals surface area contributed by atoms with E-state index in [1.165, 1.54) is 6.20 Å². The molecule has 2 rings (SSSR count). The van der Waals surface area contributed by atoms with Crippen molar-refractivity contribution in [3.05, 3.63) is 16.9 Å². The summed E-state index contributed by atoms with van der Waals surface area (Å²) in [5.74, 6) is -0.690. The maximum absolute atomic E-state index is 11.9. The maximum Gasteiger partial charge on any atom is 0.251 e. The van der Waals surface area contributed by atoms with Crippen molar-refractivity contribution in [1.82, 2.24) is 10.3 Å². The minimum atomic E-state index is -0.855. The van der Waals surface area contributed by atoms with E-state index in [1.807, 2.05) is 0 Å². The lowest BCUT2D eigenvalue weighted by atomic mass is 9.97. The van der Waals surface area contributed by atoms with Crippen molar-refractivity contribution in [2.45, 2.75) is 19.4 Å². The SMILES string of the molecule is CC1(C)C(=O)NC(=O)CN1c1c(N)cncc1Br. The fourth-order valence-corrected chi connectivity index (χ4v) is 2.43. The fraction of sp³-hybridized carbons (Fsp3) is 0.364. The van der Waals surface area contributed by atoms with Gasteiger partial charge < -0.3 is 10.6 Å². The van der Waals surface area contributed by atoms with Gasteiger partial charge in [-0.3, -0.25) is 19.9 Å². The highest BCUT2D eigenvalue weighted by molar-refractivity contribution is 9.10. The molecule has 96 valence electrons. The quantitative estimate of drug-likeness (QED) is 0.744. The van der Waals surface area contributed by atoms with E-state index in [9.17, 15) is 9.59 Å². The average Bonchev–Trinajstić information content (AvgIpc) is 2.25. The molecule has 7 heteroatoms. The molecule has 1 aliphatic heterocycles. The summed E-state index contributed by atoms with van der Waals surface area (Å²) in [5.41, 5.74) is 6.06. The van der Waals surface area contributed by atoms with E-state index in [0.717, 1.165) is 0 Å². The summed E-state index contributed by atoms with van der Waals surface area (Å²) in [6, 6.07) is 0. The highest BCUT2D eigenvalue weighted by atomic mass is 79.9. The third kappa shape index (κ3) is 1.94. The van der Waals surface area contributed by atoms with E-state index < -0.39 is 5.54 Å². The Balaban J connectivity index is 2.54. The van der Waals surface area contributed by atoms with Crippen LogP contribution in [0.15, 0.2) is 16.9 Å². The zero-order valence-corrected chi connectivity index (χ0v) is 11.6. The van der Waals surface area contributed by atoms with Crippen LogP contribution in [-0.2, 0) is 9.59 Å². The van der Waals surface area contributed by atoms with Crippen molar-refractivity contribution >= 4 is 39.1 Å². The maximum atomic E-state index is 11.9. The largest absolute Gasteiger partial charge is 0.396 e. The first-order valence-electron chi connectivity index (χ1n) is 5.35. The van der Waals surface area contributed by atoms with Crippen molar-refractivity contribution in [2.75, 3.05) is 17.2 Å². The molecular weight excluding hydrogens is 300 g/mol. The second kappa shape index (κ2) is 4.24. The summed E-state index contributed by atoms with van der Waals surface area (Å²) in [4.78, 5) is 29.0. The zero-order valence-electron chi connectivity index (χ0n) is 10.0. The van der Waals surface area contributed by atoms with Crippen LogP contribution in [0.1, 0.15) is 13.8 Å². The summed E-state index contributed by atoms with van der Waals surface area (Å²) in [5, 5.41) is 2.32. The van der Waals surface area contributed by atoms with Gasteiger partial charge in [0.15, 0.2) is 0 Å². The third-order valence-electron chi connectivity index (χ3n) is 2.96. The monoisotopic (exact) mass is 312 g/mol. The van der Waals surface area contributed by atoms with Crippen molar-refractivity contribution in [2.24, 2.45) is 0 Å². The molecule has 0 bridgehead atoms. The molecule has 18 heavy (non-hydrogen) atoms. The zero-order chi connectivity index (χ0) is 13.5. The first kappa shape index (κ1) is 12.8. The molecule has 0 unspecified atom stereocenters. The van der Waals surface area contributed by atoms with Gasteiger partial charge in [-0.25, -0.2) is 0 Å². The van der Waals surface area contributed by atoms with E-state index in [2.05, 4.69) is 26.2 Å². The number of piperazine rings is 1. The molecule has 1 aromatic heterocycles. The molecule has 0 saturated carbocycles. The normalized spacial score (nSPS) is 18.7. The number of nitrogens with one attached hydrogen (secondary N) is 1. The topological polar surface area (TPSA) is 88.3 Å². The molecule has 3 N–H and O–H groups in total. The summed E-state index contributed by atoms with van der Waals surface area (Å²) in [6.07, 6.45) is 3.08. The molecule has 0 aromatic carbocycles. The van der Waals surface area contributed by atoms with Gasteiger partial charge in [0.05, 0.1) is 28.6 Å². The molecule has 0 aliphatic carbocycles. The minimum Gasteiger partial charge on any atom is -0.396 e. The lowest BCUT2D eigenvalue weighted by molar-refractivity contribution is -0.135. The van der Waals surface area contributed by atoms with E-state index in [1.54, 1.807) is 24.9 Å². The highest BCUT2D eigenvalue weighted by Crippen LogP contribution is 2.36. The number of nitrogens with zero attached hydrogens (tertiary/aromatic N) is 2. The van der Waals surface area contributed by atoms with Crippen LogP contribution in [-0.4, -0.2) is 28.9 Å². The Labute approximate surface area is 113 Å². The Morgan fingerprint density at radius 3 is 2.72 bits per heavy atom. The molecule has 0 radical (unpaired) electrons. The number of amides is 2. The third-order valence-corrected chi connectivity index (χ3v) is 3.54. The molecule has 1 aliphatic rings. The van der Waals surface area contributed by atoms with E-state index in [4.69, 9.17) is 5.73 Å². The van der Waals surface area contributed by atoms with Crippen LogP contribution >= 0.6 is 15.9 Å². The Kier molecular flexibility index (Phi) is 3.02. The Hall–Kier alpha value is -1.63. The number of imide groups is 1. The van der Waals surface area contributed by atoms with Gasteiger partial charge in [-0.1, -0.05) is 0 Å². The van der Waals surface area contributed by atoms with Crippen LogP contribution < -0.4 is 16.0 Å². The van der Waals surface area contributed by atoms with Crippen LogP contribution in [0.2, 0.25) is 0 Å². The van der Waals surface area contributed by atoms with Crippen LogP contribution in [0, 0.1) is 0 Å². The van der Waals surface area contributed by atoms with Crippen molar-refractivity contribution in [1.29, 1.82) is 0 Å². The number of nitrogens with two attached hydrogens (primary N) is 1. The number of pyridine rings is 1. The molecule has 1 aromatic rings. The standard InChI is InChI=1S/C11H13BrN4O2/c1-11(2)10(18)15-8(17)5-16(11)9-6(12)3-14-4-7(9)13/h3-4H,5,13H2,1-2H3,(H,15,17,18). The Morgan fingerprint density at radius 1 is 1.44 bits per heavy atom. The van der Waals surface area contributed by atoms with Crippen molar-refractivity contribution < 1.29 is 9.59 Å². The number of carbonyl (C=O) groups is 2. The summed E-state index contributed by atoms with van der Waals surface area (Å²) < 4.78 is 0.651. The van der Waals surface area contributed by atoms with Gasteiger partial charge in [0, 0.05) is 6.20 Å². The van der Waals surface area contributed by atoms with Gasteiger partial charge in [0.25, 0.3) is 5.91 Å². The molecule has 1 saturated heterocycles. The van der Waals surface area contributed by atoms with E-state index in [-0.39, 0.29) is 18.4 Å². The molecular formula is C11H13BrN4O2. The van der Waals surface area contributed by atoms with Gasteiger partial charge in [-0.05, 0) is 29.8 Å². The number of carbonyl (C=O) groups excluding carboxylic acids is 2.